The summed E-state index contributed by atoms with van der Waals surface area (Å²) in [4.78, 5) is 6.55. The van der Waals surface area contributed by atoms with Gasteiger partial charge in [-0.05, 0) is 37.8 Å². The summed E-state index contributed by atoms with van der Waals surface area (Å²) in [6.45, 7) is 0.368. The predicted octanol–water partition coefficient (Wildman–Crippen LogP) is 1.15. The Bertz CT molecular complexity index is 347. The van der Waals surface area contributed by atoms with Crippen LogP contribution in [0.2, 0.25) is 0 Å². The van der Waals surface area contributed by atoms with Crippen LogP contribution in [0.5, 0.6) is 0 Å². The van der Waals surface area contributed by atoms with E-state index in [1.807, 2.05) is 24.4 Å². The first-order valence-electron chi connectivity index (χ1n) is 6.21. The quantitative estimate of drug-likeness (QED) is 0.825. The number of aromatic nitrogens is 1. The molecule has 3 N–H and O–H groups in total. The molecule has 1 aliphatic rings. The highest BCUT2D eigenvalue weighted by Gasteiger charge is 2.33. The van der Waals surface area contributed by atoms with E-state index in [0.29, 0.717) is 12.6 Å². The summed E-state index contributed by atoms with van der Waals surface area (Å²) in [6, 6.07) is 6.39. The number of rotatable bonds is 3. The van der Waals surface area contributed by atoms with Gasteiger partial charge in [0, 0.05) is 25.8 Å². The number of nitrogens with two attached hydrogens (primary N) is 1. The van der Waals surface area contributed by atoms with Crippen molar-refractivity contribution in [2.24, 2.45) is 5.73 Å². The Balaban J connectivity index is 1.97. The molecule has 1 saturated carbocycles. The lowest BCUT2D eigenvalue weighted by Gasteiger charge is -2.39. The lowest BCUT2D eigenvalue weighted by Crippen LogP contribution is -2.46. The van der Waals surface area contributed by atoms with Gasteiger partial charge in [0.2, 0.25) is 0 Å². The highest BCUT2D eigenvalue weighted by Crippen LogP contribution is 2.31. The average Bonchev–Trinajstić information content (AvgIpc) is 2.40. The number of nitrogens with zero attached hydrogens (tertiary/aromatic N) is 2. The zero-order valence-corrected chi connectivity index (χ0v) is 10.3. The van der Waals surface area contributed by atoms with E-state index in [2.05, 4.69) is 16.9 Å². The third-order valence-corrected chi connectivity index (χ3v) is 3.82. The molecule has 1 heterocycles. The van der Waals surface area contributed by atoms with Gasteiger partial charge in [-0.2, -0.15) is 0 Å². The fraction of sp³-hybridized carbons (Fsp3) is 0.615. The summed E-state index contributed by atoms with van der Waals surface area (Å²) in [5.74, 6) is 0.996. The Kier molecular flexibility index (Phi) is 3.64. The van der Waals surface area contributed by atoms with E-state index >= 15 is 0 Å². The molecular weight excluding hydrogens is 214 g/mol. The summed E-state index contributed by atoms with van der Waals surface area (Å²) in [6.07, 6.45) is 5.32. The SMILES string of the molecule is CN(c1ccccn1)C1CCC(O)(CN)CC1. The summed E-state index contributed by atoms with van der Waals surface area (Å²) >= 11 is 0. The second-order valence-electron chi connectivity index (χ2n) is 4.96. The van der Waals surface area contributed by atoms with Gasteiger partial charge in [0.25, 0.3) is 0 Å². The van der Waals surface area contributed by atoms with Gasteiger partial charge in [0.1, 0.15) is 5.82 Å². The third-order valence-electron chi connectivity index (χ3n) is 3.82. The Labute approximate surface area is 102 Å². The molecule has 0 saturated heterocycles. The van der Waals surface area contributed by atoms with E-state index < -0.39 is 5.60 Å². The molecule has 1 aromatic heterocycles. The van der Waals surface area contributed by atoms with Gasteiger partial charge in [0.05, 0.1) is 5.60 Å². The Morgan fingerprint density at radius 3 is 2.71 bits per heavy atom. The molecule has 0 spiro atoms. The first-order valence-corrected chi connectivity index (χ1v) is 6.21. The van der Waals surface area contributed by atoms with E-state index in [1.54, 1.807) is 0 Å². The number of hydrogen-bond acceptors (Lipinski definition) is 4. The largest absolute Gasteiger partial charge is 0.389 e. The van der Waals surface area contributed by atoms with Crippen molar-refractivity contribution < 1.29 is 5.11 Å². The van der Waals surface area contributed by atoms with Crippen LogP contribution < -0.4 is 10.6 Å². The molecule has 0 aromatic carbocycles. The second kappa shape index (κ2) is 5.02. The van der Waals surface area contributed by atoms with Gasteiger partial charge in [0.15, 0.2) is 0 Å². The summed E-state index contributed by atoms with van der Waals surface area (Å²) in [5.41, 5.74) is 4.96. The fourth-order valence-corrected chi connectivity index (χ4v) is 2.48. The minimum atomic E-state index is -0.637. The maximum absolute atomic E-state index is 10.1. The van der Waals surface area contributed by atoms with Crippen molar-refractivity contribution in [3.63, 3.8) is 0 Å². The molecule has 2 rings (SSSR count). The van der Waals surface area contributed by atoms with Crippen molar-refractivity contribution in [2.45, 2.75) is 37.3 Å². The number of pyridine rings is 1. The van der Waals surface area contributed by atoms with E-state index in [9.17, 15) is 5.11 Å². The zero-order chi connectivity index (χ0) is 12.3. The zero-order valence-electron chi connectivity index (χ0n) is 10.3. The maximum atomic E-state index is 10.1. The molecule has 17 heavy (non-hydrogen) atoms. The van der Waals surface area contributed by atoms with Gasteiger partial charge < -0.3 is 15.7 Å². The molecule has 0 aliphatic heterocycles. The Hall–Kier alpha value is -1.13. The highest BCUT2D eigenvalue weighted by atomic mass is 16.3. The minimum Gasteiger partial charge on any atom is -0.389 e. The van der Waals surface area contributed by atoms with Crippen LogP contribution in [0.4, 0.5) is 5.82 Å². The van der Waals surface area contributed by atoms with Crippen LogP contribution in [-0.4, -0.2) is 35.3 Å². The highest BCUT2D eigenvalue weighted by molar-refractivity contribution is 5.38. The standard InChI is InChI=1S/C13H21N3O/c1-16(12-4-2-3-9-15-12)11-5-7-13(17,10-14)8-6-11/h2-4,9,11,17H,5-8,10,14H2,1H3. The second-order valence-corrected chi connectivity index (χ2v) is 4.96. The van der Waals surface area contributed by atoms with Crippen molar-refractivity contribution >= 4 is 5.82 Å². The lowest BCUT2D eigenvalue weighted by molar-refractivity contribution is 0.00795. The number of aliphatic hydroxyl groups is 1. The summed E-state index contributed by atoms with van der Waals surface area (Å²) < 4.78 is 0. The fourth-order valence-electron chi connectivity index (χ4n) is 2.48. The topological polar surface area (TPSA) is 62.4 Å². The van der Waals surface area contributed by atoms with Crippen LogP contribution in [0, 0.1) is 0 Å². The molecule has 1 aromatic rings. The van der Waals surface area contributed by atoms with Crippen molar-refractivity contribution in [1.29, 1.82) is 0 Å². The number of hydrogen-bond donors (Lipinski definition) is 2. The molecule has 4 nitrogen and oxygen atoms in total. The van der Waals surface area contributed by atoms with Crippen LogP contribution in [-0.2, 0) is 0 Å². The third kappa shape index (κ3) is 2.76. The molecule has 0 amide bonds. The molecule has 0 unspecified atom stereocenters. The molecule has 4 heteroatoms. The average molecular weight is 235 g/mol. The van der Waals surface area contributed by atoms with E-state index in [-0.39, 0.29) is 0 Å². The van der Waals surface area contributed by atoms with Crippen molar-refractivity contribution in [3.8, 4) is 0 Å². The number of anilines is 1. The van der Waals surface area contributed by atoms with Crippen LogP contribution in [0.3, 0.4) is 0 Å². The first kappa shape index (κ1) is 12.3. The van der Waals surface area contributed by atoms with Gasteiger partial charge in [-0.1, -0.05) is 6.07 Å². The van der Waals surface area contributed by atoms with Gasteiger partial charge in [-0.15, -0.1) is 0 Å². The monoisotopic (exact) mass is 235 g/mol. The minimum absolute atomic E-state index is 0.368. The normalized spacial score (nSPS) is 29.0. The van der Waals surface area contributed by atoms with Gasteiger partial charge >= 0.3 is 0 Å². The summed E-state index contributed by atoms with van der Waals surface area (Å²) in [5, 5.41) is 10.1. The Morgan fingerprint density at radius 2 is 2.18 bits per heavy atom. The van der Waals surface area contributed by atoms with E-state index in [4.69, 9.17) is 5.73 Å². The van der Waals surface area contributed by atoms with E-state index in [1.165, 1.54) is 0 Å². The Morgan fingerprint density at radius 1 is 1.47 bits per heavy atom. The molecule has 0 bridgehead atoms. The molecule has 94 valence electrons. The van der Waals surface area contributed by atoms with E-state index in [0.717, 1.165) is 31.5 Å². The molecule has 0 radical (unpaired) electrons. The van der Waals surface area contributed by atoms with Crippen molar-refractivity contribution in [1.82, 2.24) is 4.98 Å². The lowest BCUT2D eigenvalue weighted by atomic mass is 9.82. The van der Waals surface area contributed by atoms with Gasteiger partial charge in [-0.3, -0.25) is 0 Å². The maximum Gasteiger partial charge on any atom is 0.128 e. The van der Waals surface area contributed by atoms with Crippen LogP contribution in [0.15, 0.2) is 24.4 Å². The predicted molar refractivity (Wildman–Crippen MR) is 68.9 cm³/mol. The van der Waals surface area contributed by atoms with Crippen LogP contribution >= 0.6 is 0 Å². The summed E-state index contributed by atoms with van der Waals surface area (Å²) in [7, 11) is 2.07. The van der Waals surface area contributed by atoms with Crippen molar-refractivity contribution in [2.75, 3.05) is 18.5 Å². The molecule has 0 atom stereocenters. The molecule has 1 fully saturated rings. The molecule has 1 aliphatic carbocycles. The first-order chi connectivity index (χ1) is 8.14. The van der Waals surface area contributed by atoms with Crippen LogP contribution in [0.25, 0.3) is 0 Å². The smallest absolute Gasteiger partial charge is 0.128 e. The molecular formula is C13H21N3O. The van der Waals surface area contributed by atoms with Crippen LogP contribution in [0.1, 0.15) is 25.7 Å². The van der Waals surface area contributed by atoms with Gasteiger partial charge in [-0.25, -0.2) is 4.98 Å². The van der Waals surface area contributed by atoms with Crippen molar-refractivity contribution in [3.05, 3.63) is 24.4 Å².